The number of para-hydroxylation sites is 1. The fourth-order valence-corrected chi connectivity index (χ4v) is 1.89. The molecule has 96 valence electrons. The van der Waals surface area contributed by atoms with E-state index in [1.807, 2.05) is 6.07 Å². The summed E-state index contributed by atoms with van der Waals surface area (Å²) >= 11 is 6.04. The average Bonchev–Trinajstić information content (AvgIpc) is 2.46. The quantitative estimate of drug-likeness (QED) is 0.929. The number of hydrogen-bond donors (Lipinski definition) is 1. The van der Waals surface area contributed by atoms with Gasteiger partial charge in [0.05, 0.1) is 23.4 Å². The Bertz CT molecular complexity index is 622. The van der Waals surface area contributed by atoms with Gasteiger partial charge < -0.3 is 10.1 Å². The van der Waals surface area contributed by atoms with Gasteiger partial charge in [0.1, 0.15) is 11.8 Å². The van der Waals surface area contributed by atoms with Crippen molar-refractivity contribution in [3.8, 4) is 11.8 Å². The lowest BCUT2D eigenvalue weighted by Crippen LogP contribution is -2.04. The normalized spacial score (nSPS) is 9.74. The molecule has 0 aliphatic rings. The zero-order valence-electron chi connectivity index (χ0n) is 10.4. The van der Waals surface area contributed by atoms with Crippen LogP contribution in [0.5, 0.6) is 5.75 Å². The van der Waals surface area contributed by atoms with Crippen molar-refractivity contribution in [1.82, 2.24) is 4.98 Å². The molecule has 1 heterocycles. The monoisotopic (exact) mass is 273 g/mol. The Hall–Kier alpha value is -2.25. The SMILES string of the molecule is COc1cccc(C#N)c1NCc1ccncc1Cl. The maximum atomic E-state index is 9.11. The van der Waals surface area contributed by atoms with Crippen LogP contribution in [0.15, 0.2) is 36.7 Å². The molecule has 0 atom stereocenters. The largest absolute Gasteiger partial charge is 0.495 e. The van der Waals surface area contributed by atoms with E-state index < -0.39 is 0 Å². The van der Waals surface area contributed by atoms with Crippen LogP contribution in [0.4, 0.5) is 5.69 Å². The zero-order valence-corrected chi connectivity index (χ0v) is 11.1. The van der Waals surface area contributed by atoms with Crippen molar-refractivity contribution in [2.45, 2.75) is 6.54 Å². The molecule has 0 saturated heterocycles. The van der Waals surface area contributed by atoms with Gasteiger partial charge in [-0.15, -0.1) is 0 Å². The predicted octanol–water partition coefficient (Wildman–Crippen LogP) is 3.23. The summed E-state index contributed by atoms with van der Waals surface area (Å²) in [4.78, 5) is 3.93. The van der Waals surface area contributed by atoms with E-state index in [1.165, 1.54) is 0 Å². The molecule has 0 unspecified atom stereocenters. The van der Waals surface area contributed by atoms with Crippen LogP contribution in [0.3, 0.4) is 0 Å². The third-order valence-corrected chi connectivity index (χ3v) is 3.02. The Kier molecular flexibility index (Phi) is 4.22. The second-order valence-corrected chi connectivity index (χ2v) is 4.22. The van der Waals surface area contributed by atoms with Crippen LogP contribution in [0, 0.1) is 11.3 Å². The maximum Gasteiger partial charge on any atom is 0.143 e. The molecule has 0 bridgehead atoms. The molecule has 2 aromatic rings. The van der Waals surface area contributed by atoms with Gasteiger partial charge in [-0.1, -0.05) is 17.7 Å². The minimum atomic E-state index is 0.496. The number of methoxy groups -OCH3 is 1. The summed E-state index contributed by atoms with van der Waals surface area (Å²) in [5, 5.41) is 12.9. The van der Waals surface area contributed by atoms with Crippen molar-refractivity contribution >= 4 is 17.3 Å². The third kappa shape index (κ3) is 2.95. The molecule has 1 aromatic heterocycles. The molecular formula is C14H12ClN3O. The number of anilines is 1. The highest BCUT2D eigenvalue weighted by molar-refractivity contribution is 6.31. The third-order valence-electron chi connectivity index (χ3n) is 2.68. The highest BCUT2D eigenvalue weighted by Crippen LogP contribution is 2.28. The van der Waals surface area contributed by atoms with E-state index in [1.54, 1.807) is 37.7 Å². The van der Waals surface area contributed by atoms with Gasteiger partial charge in [0.2, 0.25) is 0 Å². The van der Waals surface area contributed by atoms with Crippen LogP contribution in [0.2, 0.25) is 5.02 Å². The minimum Gasteiger partial charge on any atom is -0.495 e. The second kappa shape index (κ2) is 6.07. The Balaban J connectivity index is 2.25. The summed E-state index contributed by atoms with van der Waals surface area (Å²) in [6.07, 6.45) is 3.27. The van der Waals surface area contributed by atoms with Crippen molar-refractivity contribution in [3.63, 3.8) is 0 Å². The summed E-state index contributed by atoms with van der Waals surface area (Å²) in [6, 6.07) is 9.28. The van der Waals surface area contributed by atoms with Gasteiger partial charge in [-0.25, -0.2) is 0 Å². The van der Waals surface area contributed by atoms with E-state index in [2.05, 4.69) is 16.4 Å². The Morgan fingerprint density at radius 3 is 2.95 bits per heavy atom. The number of nitrogens with zero attached hydrogens (tertiary/aromatic N) is 2. The second-order valence-electron chi connectivity index (χ2n) is 3.82. The Morgan fingerprint density at radius 1 is 1.42 bits per heavy atom. The lowest BCUT2D eigenvalue weighted by molar-refractivity contribution is 0.416. The fraction of sp³-hybridized carbons (Fsp3) is 0.143. The standard InChI is InChI=1S/C14H12ClN3O/c1-19-13-4-2-3-10(7-16)14(13)18-8-11-5-6-17-9-12(11)15/h2-6,9,18H,8H2,1H3. The molecule has 5 heteroatoms. The van der Waals surface area contributed by atoms with Crippen molar-refractivity contribution in [2.75, 3.05) is 12.4 Å². The molecule has 2 rings (SSSR count). The summed E-state index contributed by atoms with van der Waals surface area (Å²) in [5.74, 6) is 0.629. The van der Waals surface area contributed by atoms with Crippen molar-refractivity contribution < 1.29 is 4.74 Å². The fourth-order valence-electron chi connectivity index (χ4n) is 1.71. The highest BCUT2D eigenvalue weighted by atomic mass is 35.5. The van der Waals surface area contributed by atoms with Crippen molar-refractivity contribution in [3.05, 3.63) is 52.8 Å². The Morgan fingerprint density at radius 2 is 2.26 bits per heavy atom. The number of aromatic nitrogens is 1. The molecule has 0 radical (unpaired) electrons. The van der Waals surface area contributed by atoms with Gasteiger partial charge >= 0.3 is 0 Å². The molecule has 0 saturated carbocycles. The number of benzene rings is 1. The summed E-state index contributed by atoms with van der Waals surface area (Å²) in [5.41, 5.74) is 2.11. The van der Waals surface area contributed by atoms with Crippen molar-refractivity contribution in [2.24, 2.45) is 0 Å². The molecule has 0 aliphatic carbocycles. The molecule has 1 aromatic carbocycles. The first kappa shape index (κ1) is 13.2. The number of hydrogen-bond acceptors (Lipinski definition) is 4. The number of ether oxygens (including phenoxy) is 1. The zero-order chi connectivity index (χ0) is 13.7. The number of nitrogens with one attached hydrogen (secondary N) is 1. The number of rotatable bonds is 4. The molecule has 0 aliphatic heterocycles. The first-order valence-electron chi connectivity index (χ1n) is 5.65. The molecular weight excluding hydrogens is 262 g/mol. The average molecular weight is 274 g/mol. The lowest BCUT2D eigenvalue weighted by atomic mass is 10.1. The van der Waals surface area contributed by atoms with E-state index in [9.17, 15) is 0 Å². The molecule has 0 fully saturated rings. The van der Waals surface area contributed by atoms with Gasteiger partial charge in [-0.2, -0.15) is 5.26 Å². The predicted molar refractivity (Wildman–Crippen MR) is 74.3 cm³/mol. The minimum absolute atomic E-state index is 0.496. The number of pyridine rings is 1. The maximum absolute atomic E-state index is 9.11. The highest BCUT2D eigenvalue weighted by Gasteiger charge is 2.09. The number of nitriles is 1. The Labute approximate surface area is 116 Å². The van der Waals surface area contributed by atoms with Crippen LogP contribution >= 0.6 is 11.6 Å². The lowest BCUT2D eigenvalue weighted by Gasteiger charge is -2.13. The first-order valence-corrected chi connectivity index (χ1v) is 6.03. The van der Waals surface area contributed by atoms with Crippen LogP contribution in [0.1, 0.15) is 11.1 Å². The van der Waals surface area contributed by atoms with E-state index in [4.69, 9.17) is 21.6 Å². The van der Waals surface area contributed by atoms with Crippen LogP contribution in [-0.2, 0) is 6.54 Å². The topological polar surface area (TPSA) is 57.9 Å². The van der Waals surface area contributed by atoms with Crippen molar-refractivity contribution in [1.29, 1.82) is 5.26 Å². The van der Waals surface area contributed by atoms with E-state index in [0.717, 1.165) is 5.56 Å². The molecule has 0 amide bonds. The van der Waals surface area contributed by atoms with E-state index in [0.29, 0.717) is 28.6 Å². The van der Waals surface area contributed by atoms with Gasteiger partial charge in [-0.05, 0) is 23.8 Å². The molecule has 1 N–H and O–H groups in total. The molecule has 4 nitrogen and oxygen atoms in total. The smallest absolute Gasteiger partial charge is 0.143 e. The molecule has 0 spiro atoms. The van der Waals surface area contributed by atoms with Gasteiger partial charge in [0.25, 0.3) is 0 Å². The van der Waals surface area contributed by atoms with Gasteiger partial charge in [0, 0.05) is 18.9 Å². The summed E-state index contributed by atoms with van der Waals surface area (Å²) in [7, 11) is 1.57. The van der Waals surface area contributed by atoms with Crippen LogP contribution < -0.4 is 10.1 Å². The van der Waals surface area contributed by atoms with Gasteiger partial charge in [-0.3, -0.25) is 4.98 Å². The van der Waals surface area contributed by atoms with Crippen LogP contribution in [0.25, 0.3) is 0 Å². The van der Waals surface area contributed by atoms with E-state index in [-0.39, 0.29) is 0 Å². The molecule has 19 heavy (non-hydrogen) atoms. The van der Waals surface area contributed by atoms with Crippen LogP contribution in [-0.4, -0.2) is 12.1 Å². The summed E-state index contributed by atoms with van der Waals surface area (Å²) < 4.78 is 5.25. The number of halogens is 1. The summed E-state index contributed by atoms with van der Waals surface area (Å²) in [6.45, 7) is 0.496. The van der Waals surface area contributed by atoms with E-state index >= 15 is 0 Å². The van der Waals surface area contributed by atoms with Gasteiger partial charge in [0.15, 0.2) is 0 Å². The first-order chi connectivity index (χ1) is 9.26.